The van der Waals surface area contributed by atoms with Crippen molar-refractivity contribution < 1.29 is 14.4 Å². The number of aromatic nitrogens is 2. The summed E-state index contributed by atoms with van der Waals surface area (Å²) in [6.45, 7) is 4.38. The SMILES string of the molecule is CCCN1C(=O)NC(CC(=O)N2Cc3nc(C)n(C)c(=O)c3C2)C1=O. The number of nitrogens with one attached hydrogen (secondary N) is 1. The first-order chi connectivity index (χ1) is 11.8. The van der Waals surface area contributed by atoms with Crippen molar-refractivity contribution >= 4 is 17.8 Å². The minimum atomic E-state index is -0.840. The molecule has 2 aliphatic rings. The van der Waals surface area contributed by atoms with Gasteiger partial charge in [0.2, 0.25) is 5.91 Å². The fourth-order valence-electron chi connectivity index (χ4n) is 3.16. The van der Waals surface area contributed by atoms with Crippen molar-refractivity contribution in [3.8, 4) is 0 Å². The highest BCUT2D eigenvalue weighted by molar-refractivity contribution is 6.05. The van der Waals surface area contributed by atoms with Crippen molar-refractivity contribution in [1.29, 1.82) is 0 Å². The van der Waals surface area contributed by atoms with Gasteiger partial charge in [0.1, 0.15) is 11.9 Å². The number of fused-ring (bicyclic) bond motifs is 1. The summed E-state index contributed by atoms with van der Waals surface area (Å²) in [5, 5.41) is 2.55. The third-order valence-corrected chi connectivity index (χ3v) is 4.67. The van der Waals surface area contributed by atoms with Gasteiger partial charge < -0.3 is 10.2 Å². The molecule has 3 heterocycles. The van der Waals surface area contributed by atoms with Gasteiger partial charge in [-0.15, -0.1) is 0 Å². The van der Waals surface area contributed by atoms with Crippen molar-refractivity contribution in [3.63, 3.8) is 0 Å². The molecule has 0 radical (unpaired) electrons. The van der Waals surface area contributed by atoms with E-state index in [1.807, 2.05) is 6.92 Å². The van der Waals surface area contributed by atoms with Gasteiger partial charge in [0.15, 0.2) is 0 Å². The molecule has 0 saturated carbocycles. The number of carbonyl (C=O) groups is 3. The highest BCUT2D eigenvalue weighted by Crippen LogP contribution is 2.20. The monoisotopic (exact) mass is 347 g/mol. The van der Waals surface area contributed by atoms with E-state index in [2.05, 4.69) is 10.3 Å². The average Bonchev–Trinajstić information content (AvgIpc) is 3.10. The minimum Gasteiger partial charge on any atom is -0.332 e. The first-order valence-electron chi connectivity index (χ1n) is 8.28. The number of hydrogen-bond donors (Lipinski definition) is 1. The Morgan fingerprint density at radius 3 is 2.68 bits per heavy atom. The zero-order valence-corrected chi connectivity index (χ0v) is 14.5. The number of hydrogen-bond acceptors (Lipinski definition) is 5. The highest BCUT2D eigenvalue weighted by atomic mass is 16.2. The van der Waals surface area contributed by atoms with Crippen molar-refractivity contribution in [2.75, 3.05) is 6.54 Å². The Morgan fingerprint density at radius 2 is 2.00 bits per heavy atom. The van der Waals surface area contributed by atoms with E-state index in [0.717, 1.165) is 4.90 Å². The minimum absolute atomic E-state index is 0.113. The molecule has 25 heavy (non-hydrogen) atoms. The van der Waals surface area contributed by atoms with E-state index in [1.54, 1.807) is 14.0 Å². The molecule has 4 amide bonds. The van der Waals surface area contributed by atoms with Crippen LogP contribution in [0, 0.1) is 6.92 Å². The molecule has 0 spiro atoms. The Bertz CT molecular complexity index is 815. The van der Waals surface area contributed by atoms with E-state index >= 15 is 0 Å². The summed E-state index contributed by atoms with van der Waals surface area (Å²) >= 11 is 0. The summed E-state index contributed by atoms with van der Waals surface area (Å²) in [6, 6.07) is -1.30. The number of urea groups is 1. The molecule has 0 bridgehead atoms. The van der Waals surface area contributed by atoms with Crippen LogP contribution in [0.2, 0.25) is 0 Å². The second-order valence-corrected chi connectivity index (χ2v) is 6.39. The molecule has 1 fully saturated rings. The molecular formula is C16H21N5O4. The number of aryl methyl sites for hydroxylation is 1. The van der Waals surface area contributed by atoms with E-state index in [9.17, 15) is 19.2 Å². The smallest absolute Gasteiger partial charge is 0.324 e. The number of rotatable bonds is 4. The van der Waals surface area contributed by atoms with Gasteiger partial charge in [0.25, 0.3) is 11.5 Å². The molecule has 1 unspecified atom stereocenters. The zero-order chi connectivity index (χ0) is 18.3. The standard InChI is InChI=1S/C16H21N5O4/c1-4-5-21-15(24)11(18-16(21)25)6-13(22)20-7-10-12(8-20)17-9(2)19(3)14(10)23/h11H,4-8H2,1-3H3,(H,18,25). The van der Waals surface area contributed by atoms with Gasteiger partial charge in [-0.1, -0.05) is 6.92 Å². The molecule has 3 rings (SSSR count). The van der Waals surface area contributed by atoms with Crippen molar-refractivity contribution in [1.82, 2.24) is 24.7 Å². The number of amides is 4. The quantitative estimate of drug-likeness (QED) is 0.750. The maximum atomic E-state index is 12.5. The van der Waals surface area contributed by atoms with E-state index in [1.165, 1.54) is 9.47 Å². The van der Waals surface area contributed by atoms with Crippen LogP contribution < -0.4 is 10.9 Å². The Hall–Kier alpha value is -2.71. The molecular weight excluding hydrogens is 326 g/mol. The molecule has 1 atom stereocenters. The Balaban J connectivity index is 1.70. The van der Waals surface area contributed by atoms with Gasteiger partial charge in [-0.05, 0) is 13.3 Å². The number of imide groups is 1. The van der Waals surface area contributed by atoms with Gasteiger partial charge in [0.05, 0.1) is 30.8 Å². The summed E-state index contributed by atoms with van der Waals surface area (Å²) in [5.41, 5.74) is 0.955. The third-order valence-electron chi connectivity index (χ3n) is 4.67. The van der Waals surface area contributed by atoms with Gasteiger partial charge in [-0.25, -0.2) is 9.78 Å². The van der Waals surface area contributed by atoms with Crippen LogP contribution in [0.3, 0.4) is 0 Å². The molecule has 0 aromatic carbocycles. The number of carbonyl (C=O) groups excluding carboxylic acids is 3. The Kier molecular flexibility index (Phi) is 4.32. The second-order valence-electron chi connectivity index (χ2n) is 6.39. The largest absolute Gasteiger partial charge is 0.332 e. The molecule has 1 N–H and O–H groups in total. The predicted octanol–water partition coefficient (Wildman–Crippen LogP) is -0.349. The van der Waals surface area contributed by atoms with Gasteiger partial charge in [-0.3, -0.25) is 23.9 Å². The summed E-state index contributed by atoms with van der Waals surface area (Å²) in [5.74, 6) is -0.0667. The van der Waals surface area contributed by atoms with Gasteiger partial charge >= 0.3 is 6.03 Å². The van der Waals surface area contributed by atoms with E-state index < -0.39 is 12.1 Å². The molecule has 1 saturated heterocycles. The van der Waals surface area contributed by atoms with E-state index in [0.29, 0.717) is 30.0 Å². The van der Waals surface area contributed by atoms with Crippen LogP contribution in [0.1, 0.15) is 36.8 Å². The first kappa shape index (κ1) is 17.1. The van der Waals surface area contributed by atoms with Crippen molar-refractivity contribution in [2.24, 2.45) is 7.05 Å². The average molecular weight is 347 g/mol. The van der Waals surface area contributed by atoms with Crippen molar-refractivity contribution in [2.45, 2.75) is 45.8 Å². The summed E-state index contributed by atoms with van der Waals surface area (Å²) in [4.78, 5) is 55.8. The van der Waals surface area contributed by atoms with Gasteiger partial charge in [-0.2, -0.15) is 0 Å². The zero-order valence-electron chi connectivity index (χ0n) is 14.5. The Labute approximate surface area is 144 Å². The van der Waals surface area contributed by atoms with E-state index in [4.69, 9.17) is 0 Å². The van der Waals surface area contributed by atoms with Crippen LogP contribution in [0.5, 0.6) is 0 Å². The molecule has 1 aromatic rings. The van der Waals surface area contributed by atoms with Crippen LogP contribution in [-0.4, -0.2) is 49.8 Å². The van der Waals surface area contributed by atoms with Crippen LogP contribution >= 0.6 is 0 Å². The highest BCUT2D eigenvalue weighted by Gasteiger charge is 2.40. The molecule has 0 aliphatic carbocycles. The number of nitrogens with zero attached hydrogens (tertiary/aromatic N) is 4. The molecule has 9 heteroatoms. The molecule has 1 aromatic heterocycles. The maximum Gasteiger partial charge on any atom is 0.324 e. The fourth-order valence-corrected chi connectivity index (χ4v) is 3.16. The molecule has 9 nitrogen and oxygen atoms in total. The summed E-state index contributed by atoms with van der Waals surface area (Å²) in [7, 11) is 1.64. The van der Waals surface area contributed by atoms with E-state index in [-0.39, 0.29) is 36.9 Å². The fraction of sp³-hybridized carbons (Fsp3) is 0.562. The van der Waals surface area contributed by atoms with Crippen LogP contribution in [0.4, 0.5) is 4.79 Å². The lowest BCUT2D eigenvalue weighted by Gasteiger charge is -2.17. The normalized spacial score (nSPS) is 19.4. The topological polar surface area (TPSA) is 105 Å². The van der Waals surface area contributed by atoms with Crippen LogP contribution in [0.15, 0.2) is 4.79 Å². The summed E-state index contributed by atoms with van der Waals surface area (Å²) < 4.78 is 1.45. The second kappa shape index (κ2) is 6.30. The lowest BCUT2D eigenvalue weighted by Crippen LogP contribution is -2.37. The lowest BCUT2D eigenvalue weighted by molar-refractivity contribution is -0.136. The van der Waals surface area contributed by atoms with Crippen LogP contribution in [0.25, 0.3) is 0 Å². The Morgan fingerprint density at radius 1 is 1.28 bits per heavy atom. The van der Waals surface area contributed by atoms with Gasteiger partial charge in [0, 0.05) is 13.6 Å². The maximum absolute atomic E-state index is 12.5. The van der Waals surface area contributed by atoms with Crippen LogP contribution in [-0.2, 0) is 29.7 Å². The predicted molar refractivity (Wildman–Crippen MR) is 87.4 cm³/mol. The summed E-state index contributed by atoms with van der Waals surface area (Å²) in [6.07, 6.45) is 0.549. The van der Waals surface area contributed by atoms with Crippen molar-refractivity contribution in [3.05, 3.63) is 27.4 Å². The third kappa shape index (κ3) is 2.90. The molecule has 134 valence electrons. The lowest BCUT2D eigenvalue weighted by atomic mass is 10.2. The molecule has 2 aliphatic heterocycles. The first-order valence-corrected chi connectivity index (χ1v) is 8.28.